The fourth-order valence-electron chi connectivity index (χ4n) is 1.64. The minimum absolute atomic E-state index is 0.116. The van der Waals surface area contributed by atoms with Crippen molar-refractivity contribution in [3.05, 3.63) is 59.7 Å². The van der Waals surface area contributed by atoms with Crippen LogP contribution in [0.1, 0.15) is 11.1 Å². The number of halogens is 1. The maximum atomic E-state index is 12.7. The van der Waals surface area contributed by atoms with Gasteiger partial charge < -0.3 is 0 Å². The summed E-state index contributed by atoms with van der Waals surface area (Å²) in [6, 6.07) is 6.60. The fourth-order valence-corrected chi connectivity index (χ4v) is 2.96. The van der Waals surface area contributed by atoms with Crippen molar-refractivity contribution in [2.75, 3.05) is 0 Å². The molecule has 1 aromatic carbocycles. The SMILES string of the molecule is Cc1cncc(CS(=O)(=O)c2ccc(F)cc2)c1. The topological polar surface area (TPSA) is 47.0 Å². The van der Waals surface area contributed by atoms with Crippen LogP contribution in [0.25, 0.3) is 0 Å². The molecule has 0 radical (unpaired) electrons. The molecule has 0 atom stereocenters. The number of pyridine rings is 1. The Morgan fingerprint density at radius 2 is 1.83 bits per heavy atom. The molecule has 0 bridgehead atoms. The molecule has 0 spiro atoms. The zero-order chi connectivity index (χ0) is 13.2. The van der Waals surface area contributed by atoms with E-state index in [0.29, 0.717) is 5.56 Å². The first-order chi connectivity index (χ1) is 8.47. The molecule has 0 amide bonds. The van der Waals surface area contributed by atoms with Crippen molar-refractivity contribution in [3.8, 4) is 0 Å². The van der Waals surface area contributed by atoms with Gasteiger partial charge in [-0.25, -0.2) is 12.8 Å². The first-order valence-electron chi connectivity index (χ1n) is 5.36. The van der Waals surface area contributed by atoms with Gasteiger partial charge in [-0.3, -0.25) is 4.98 Å². The summed E-state index contributed by atoms with van der Waals surface area (Å²) in [6.07, 6.45) is 3.18. The number of rotatable bonds is 3. The highest BCUT2D eigenvalue weighted by atomic mass is 32.2. The molecular formula is C13H12FNO2S. The largest absolute Gasteiger partial charge is 0.264 e. The summed E-state index contributed by atoms with van der Waals surface area (Å²) in [4.78, 5) is 4.07. The van der Waals surface area contributed by atoms with Gasteiger partial charge in [-0.15, -0.1) is 0 Å². The number of hydrogen-bond acceptors (Lipinski definition) is 3. The van der Waals surface area contributed by atoms with Crippen molar-refractivity contribution in [2.24, 2.45) is 0 Å². The van der Waals surface area contributed by atoms with E-state index in [1.165, 1.54) is 18.3 Å². The van der Waals surface area contributed by atoms with E-state index in [-0.39, 0.29) is 10.6 Å². The Morgan fingerprint density at radius 1 is 1.17 bits per heavy atom. The summed E-state index contributed by atoms with van der Waals surface area (Å²) in [7, 11) is -3.45. The van der Waals surface area contributed by atoms with Crippen LogP contribution < -0.4 is 0 Å². The van der Waals surface area contributed by atoms with Gasteiger partial charge in [0.05, 0.1) is 10.6 Å². The molecule has 3 nitrogen and oxygen atoms in total. The van der Waals surface area contributed by atoms with E-state index in [1.54, 1.807) is 12.3 Å². The lowest BCUT2D eigenvalue weighted by molar-refractivity contribution is 0.594. The van der Waals surface area contributed by atoms with Gasteiger partial charge in [0.25, 0.3) is 0 Å². The van der Waals surface area contributed by atoms with Crippen molar-refractivity contribution in [1.82, 2.24) is 4.98 Å². The molecule has 0 aliphatic carbocycles. The molecule has 94 valence electrons. The fraction of sp³-hybridized carbons (Fsp3) is 0.154. The van der Waals surface area contributed by atoms with Crippen molar-refractivity contribution >= 4 is 9.84 Å². The summed E-state index contributed by atoms with van der Waals surface area (Å²) in [5.74, 6) is -0.584. The van der Waals surface area contributed by atoms with Crippen molar-refractivity contribution in [2.45, 2.75) is 17.6 Å². The van der Waals surface area contributed by atoms with Crippen LogP contribution in [0.3, 0.4) is 0 Å². The van der Waals surface area contributed by atoms with Crippen LogP contribution in [0.5, 0.6) is 0 Å². The number of hydrogen-bond donors (Lipinski definition) is 0. The average molecular weight is 265 g/mol. The van der Waals surface area contributed by atoms with Crippen LogP contribution in [-0.4, -0.2) is 13.4 Å². The Bertz CT molecular complexity index is 651. The highest BCUT2D eigenvalue weighted by molar-refractivity contribution is 7.90. The molecule has 2 rings (SSSR count). The van der Waals surface area contributed by atoms with Crippen LogP contribution >= 0.6 is 0 Å². The van der Waals surface area contributed by atoms with Gasteiger partial charge in [-0.05, 0) is 42.3 Å². The van der Waals surface area contributed by atoms with Crippen LogP contribution in [0.15, 0.2) is 47.6 Å². The number of nitrogens with zero attached hydrogens (tertiary/aromatic N) is 1. The van der Waals surface area contributed by atoms with E-state index < -0.39 is 15.7 Å². The normalized spacial score (nSPS) is 11.4. The monoisotopic (exact) mass is 265 g/mol. The van der Waals surface area contributed by atoms with Crippen molar-refractivity contribution < 1.29 is 12.8 Å². The predicted octanol–water partition coefficient (Wildman–Crippen LogP) is 2.50. The zero-order valence-corrected chi connectivity index (χ0v) is 10.6. The number of sulfone groups is 1. The Labute approximate surface area is 105 Å². The maximum absolute atomic E-state index is 12.7. The molecule has 0 unspecified atom stereocenters. The highest BCUT2D eigenvalue weighted by Crippen LogP contribution is 2.16. The summed E-state index contributed by atoms with van der Waals surface area (Å²) >= 11 is 0. The van der Waals surface area contributed by atoms with E-state index in [4.69, 9.17) is 0 Å². The van der Waals surface area contributed by atoms with E-state index in [2.05, 4.69) is 4.98 Å². The molecule has 2 aromatic rings. The van der Waals surface area contributed by atoms with Gasteiger partial charge in [-0.2, -0.15) is 0 Å². The molecule has 0 saturated carbocycles. The second-order valence-electron chi connectivity index (χ2n) is 4.08. The van der Waals surface area contributed by atoms with Crippen molar-refractivity contribution in [3.63, 3.8) is 0 Å². The minimum atomic E-state index is -3.45. The smallest absolute Gasteiger partial charge is 0.182 e. The first-order valence-corrected chi connectivity index (χ1v) is 7.01. The summed E-state index contributed by atoms with van der Waals surface area (Å²) in [5, 5.41) is 0. The average Bonchev–Trinajstić information content (AvgIpc) is 2.29. The number of aromatic nitrogens is 1. The second kappa shape index (κ2) is 4.86. The number of benzene rings is 1. The lowest BCUT2D eigenvalue weighted by Gasteiger charge is -2.05. The lowest BCUT2D eigenvalue weighted by Crippen LogP contribution is -2.05. The van der Waals surface area contributed by atoms with E-state index in [9.17, 15) is 12.8 Å². The van der Waals surface area contributed by atoms with Gasteiger partial charge in [0.1, 0.15) is 5.82 Å². The van der Waals surface area contributed by atoms with Gasteiger partial charge in [0, 0.05) is 12.4 Å². The van der Waals surface area contributed by atoms with Crippen LogP contribution in [0.2, 0.25) is 0 Å². The molecule has 5 heteroatoms. The maximum Gasteiger partial charge on any atom is 0.182 e. The number of aryl methyl sites for hydroxylation is 1. The van der Waals surface area contributed by atoms with Gasteiger partial charge in [0.15, 0.2) is 9.84 Å². The van der Waals surface area contributed by atoms with Gasteiger partial charge >= 0.3 is 0 Å². The highest BCUT2D eigenvalue weighted by Gasteiger charge is 2.15. The molecule has 18 heavy (non-hydrogen) atoms. The quantitative estimate of drug-likeness (QED) is 0.801. The Balaban J connectivity index is 2.30. The van der Waals surface area contributed by atoms with Gasteiger partial charge in [-0.1, -0.05) is 6.07 Å². The third-order valence-corrected chi connectivity index (χ3v) is 4.16. The Hall–Kier alpha value is -1.75. The van der Waals surface area contributed by atoms with Crippen LogP contribution in [0, 0.1) is 12.7 Å². The Morgan fingerprint density at radius 3 is 2.44 bits per heavy atom. The molecule has 1 aromatic heterocycles. The van der Waals surface area contributed by atoms with E-state index >= 15 is 0 Å². The third kappa shape index (κ3) is 2.92. The second-order valence-corrected chi connectivity index (χ2v) is 6.07. The zero-order valence-electron chi connectivity index (χ0n) is 9.80. The molecule has 1 heterocycles. The van der Waals surface area contributed by atoms with Crippen LogP contribution in [-0.2, 0) is 15.6 Å². The summed E-state index contributed by atoms with van der Waals surface area (Å²) in [5.41, 5.74) is 1.53. The van der Waals surface area contributed by atoms with E-state index in [1.807, 2.05) is 6.92 Å². The van der Waals surface area contributed by atoms with E-state index in [0.717, 1.165) is 17.7 Å². The third-order valence-electron chi connectivity index (χ3n) is 2.46. The Kier molecular flexibility index (Phi) is 3.43. The van der Waals surface area contributed by atoms with Crippen molar-refractivity contribution in [1.29, 1.82) is 0 Å². The predicted molar refractivity (Wildman–Crippen MR) is 66.3 cm³/mol. The molecule has 0 N–H and O–H groups in total. The molecule has 0 saturated heterocycles. The minimum Gasteiger partial charge on any atom is -0.264 e. The molecule has 0 aliphatic rings. The molecular weight excluding hydrogens is 253 g/mol. The molecule has 0 aliphatic heterocycles. The standard InChI is InChI=1S/C13H12FNO2S/c1-10-6-11(8-15-7-10)9-18(16,17)13-4-2-12(14)3-5-13/h2-8H,9H2,1H3. The lowest BCUT2D eigenvalue weighted by atomic mass is 10.2. The summed E-state index contributed by atoms with van der Waals surface area (Å²) < 4.78 is 36.9. The van der Waals surface area contributed by atoms with Crippen LogP contribution in [0.4, 0.5) is 4.39 Å². The summed E-state index contributed by atoms with van der Waals surface area (Å²) in [6.45, 7) is 1.85. The van der Waals surface area contributed by atoms with Gasteiger partial charge in [0.2, 0.25) is 0 Å². The molecule has 0 fully saturated rings. The first kappa shape index (κ1) is 12.7.